The van der Waals surface area contributed by atoms with Crippen LogP contribution >= 0.6 is 11.3 Å². The Balaban J connectivity index is 0.000000745. The molecule has 2 heterocycles. The van der Waals surface area contributed by atoms with Gasteiger partial charge in [0.2, 0.25) is 5.91 Å². The predicted molar refractivity (Wildman–Crippen MR) is 91.6 cm³/mol. The van der Waals surface area contributed by atoms with Gasteiger partial charge in [-0.05, 0) is 31.2 Å². The van der Waals surface area contributed by atoms with Crippen LogP contribution in [0.5, 0.6) is 0 Å². The van der Waals surface area contributed by atoms with Crippen molar-refractivity contribution in [2.45, 2.75) is 6.42 Å². The number of hydrogen-bond acceptors (Lipinski definition) is 5. The third-order valence-electron chi connectivity index (χ3n) is 3.04. The maximum Gasteiger partial charge on any atom is 0.247 e. The smallest absolute Gasteiger partial charge is 0.247 e. The van der Waals surface area contributed by atoms with E-state index in [9.17, 15) is 9.59 Å². The van der Waals surface area contributed by atoms with Crippen molar-refractivity contribution in [3.8, 4) is 0 Å². The first-order chi connectivity index (χ1) is 10.5. The molecule has 0 atom stereocenters. The number of carbonyl (C=O) groups excluding carboxylic acids is 2. The van der Waals surface area contributed by atoms with E-state index in [0.29, 0.717) is 10.6 Å². The van der Waals surface area contributed by atoms with E-state index in [0.717, 1.165) is 30.7 Å². The summed E-state index contributed by atoms with van der Waals surface area (Å²) in [7, 11) is 5.33. The van der Waals surface area contributed by atoms with Gasteiger partial charge in [-0.25, -0.2) is 0 Å². The minimum atomic E-state index is -0.301. The average Bonchev–Trinajstić information content (AvgIpc) is 2.91. The summed E-state index contributed by atoms with van der Waals surface area (Å²) in [6.45, 7) is 5.33. The molecule has 0 aliphatic carbocycles. The van der Waals surface area contributed by atoms with Gasteiger partial charge in [0.1, 0.15) is 0 Å². The number of nitrogens with one attached hydrogen (secondary N) is 1. The molecule has 1 aromatic heterocycles. The molecule has 1 amide bonds. The van der Waals surface area contributed by atoms with Crippen LogP contribution in [0.25, 0.3) is 5.57 Å². The molecule has 5 nitrogen and oxygen atoms in total. The summed E-state index contributed by atoms with van der Waals surface area (Å²) in [5.41, 5.74) is 1.81. The summed E-state index contributed by atoms with van der Waals surface area (Å²) < 4.78 is 4.25. The second-order valence-electron chi connectivity index (χ2n) is 4.85. The minimum absolute atomic E-state index is 0.301. The molecule has 0 fully saturated rings. The molecule has 2 rings (SSSR count). The second kappa shape index (κ2) is 9.30. The Hall–Kier alpha value is -1.76. The quantitative estimate of drug-likeness (QED) is 0.684. The van der Waals surface area contributed by atoms with Crippen LogP contribution < -0.4 is 5.32 Å². The molecule has 0 radical (unpaired) electrons. The number of aldehydes is 1. The first-order valence-electron chi connectivity index (χ1n) is 6.86. The molecule has 0 bridgehead atoms. The van der Waals surface area contributed by atoms with Crippen LogP contribution in [0.2, 0.25) is 0 Å². The highest BCUT2D eigenvalue weighted by molar-refractivity contribution is 7.15. The Bertz CT molecular complexity index is 564. The normalized spacial score (nSPS) is 14.4. The number of nitrogens with zero attached hydrogens (tertiary/aromatic N) is 1. The van der Waals surface area contributed by atoms with Crippen LogP contribution in [-0.2, 0) is 9.53 Å². The number of anilines is 1. The highest BCUT2D eigenvalue weighted by Crippen LogP contribution is 2.33. The first-order valence-corrected chi connectivity index (χ1v) is 7.67. The van der Waals surface area contributed by atoms with Gasteiger partial charge in [0, 0.05) is 32.2 Å². The van der Waals surface area contributed by atoms with Crippen molar-refractivity contribution in [2.75, 3.05) is 39.7 Å². The maximum atomic E-state index is 11.3. The molecule has 120 valence electrons. The van der Waals surface area contributed by atoms with Gasteiger partial charge in [-0.3, -0.25) is 9.59 Å². The van der Waals surface area contributed by atoms with Crippen LogP contribution in [-0.4, -0.2) is 51.5 Å². The Labute approximate surface area is 135 Å². The zero-order valence-corrected chi connectivity index (χ0v) is 14.0. The van der Waals surface area contributed by atoms with Crippen LogP contribution in [0.15, 0.2) is 24.8 Å². The van der Waals surface area contributed by atoms with Gasteiger partial charge in [-0.15, -0.1) is 11.3 Å². The lowest BCUT2D eigenvalue weighted by Crippen LogP contribution is -2.23. The molecule has 0 saturated carbocycles. The highest BCUT2D eigenvalue weighted by atomic mass is 32.1. The monoisotopic (exact) mass is 322 g/mol. The summed E-state index contributed by atoms with van der Waals surface area (Å²) >= 11 is 1.42. The van der Waals surface area contributed by atoms with Gasteiger partial charge in [0.05, 0.1) is 10.6 Å². The lowest BCUT2D eigenvalue weighted by molar-refractivity contribution is -0.111. The third kappa shape index (κ3) is 5.22. The van der Waals surface area contributed by atoms with E-state index in [2.05, 4.69) is 34.7 Å². The lowest BCUT2D eigenvalue weighted by Gasteiger charge is -2.21. The number of thiophene rings is 1. The van der Waals surface area contributed by atoms with Gasteiger partial charge in [0.15, 0.2) is 6.29 Å². The topological polar surface area (TPSA) is 58.6 Å². The lowest BCUT2D eigenvalue weighted by atomic mass is 10.1. The Morgan fingerprint density at radius 3 is 2.68 bits per heavy atom. The summed E-state index contributed by atoms with van der Waals surface area (Å²) in [5.74, 6) is -0.301. The molecule has 0 spiro atoms. The zero-order valence-electron chi connectivity index (χ0n) is 13.2. The van der Waals surface area contributed by atoms with Crippen LogP contribution in [0, 0.1) is 0 Å². The molecule has 0 aromatic carbocycles. The van der Waals surface area contributed by atoms with Gasteiger partial charge in [-0.1, -0.05) is 12.7 Å². The number of ether oxygens (including phenoxy) is 1. The first kappa shape index (κ1) is 18.3. The summed E-state index contributed by atoms with van der Waals surface area (Å²) in [5, 5.41) is 2.66. The van der Waals surface area contributed by atoms with Gasteiger partial charge < -0.3 is 15.0 Å². The van der Waals surface area contributed by atoms with E-state index < -0.39 is 0 Å². The molecule has 1 aliphatic rings. The standard InChI is InChI=1S/C14H16N2O2S.C2H6O/c1-3-14(18)15-11-8-12(19-13(11)9-17)10-4-6-16(2)7-5-10;1-3-2/h3-4,8-9H,1,5-7H2,2H3,(H,15,18);1-2H3. The minimum Gasteiger partial charge on any atom is -0.388 e. The largest absolute Gasteiger partial charge is 0.388 e. The number of methoxy groups -OCH3 is 1. The molecule has 1 aromatic rings. The fraction of sp³-hybridized carbons (Fsp3) is 0.375. The van der Waals surface area contributed by atoms with Crippen molar-refractivity contribution in [3.63, 3.8) is 0 Å². The fourth-order valence-electron chi connectivity index (χ4n) is 1.93. The predicted octanol–water partition coefficient (Wildman–Crippen LogP) is 2.67. The van der Waals surface area contributed by atoms with Gasteiger partial charge in [-0.2, -0.15) is 0 Å². The van der Waals surface area contributed by atoms with Gasteiger partial charge in [0.25, 0.3) is 0 Å². The van der Waals surface area contributed by atoms with E-state index in [4.69, 9.17) is 0 Å². The van der Waals surface area contributed by atoms with E-state index in [1.165, 1.54) is 23.0 Å². The van der Waals surface area contributed by atoms with Crippen molar-refractivity contribution < 1.29 is 14.3 Å². The molecule has 6 heteroatoms. The Kier molecular flexibility index (Phi) is 7.73. The molecular formula is C16H22N2O3S. The van der Waals surface area contributed by atoms with Crippen LogP contribution in [0.1, 0.15) is 21.0 Å². The molecule has 0 unspecified atom stereocenters. The SMILES string of the molecule is C=CC(=O)Nc1cc(C2=CCN(C)CC2)sc1C=O.COC. The number of rotatable bonds is 4. The van der Waals surface area contributed by atoms with Crippen molar-refractivity contribution in [3.05, 3.63) is 34.6 Å². The van der Waals surface area contributed by atoms with E-state index in [-0.39, 0.29) is 5.91 Å². The van der Waals surface area contributed by atoms with Crippen molar-refractivity contribution in [2.24, 2.45) is 0 Å². The van der Waals surface area contributed by atoms with Crippen molar-refractivity contribution >= 4 is 34.8 Å². The third-order valence-corrected chi connectivity index (χ3v) is 4.18. The second-order valence-corrected chi connectivity index (χ2v) is 5.93. The van der Waals surface area contributed by atoms with E-state index in [1.807, 2.05) is 6.07 Å². The molecular weight excluding hydrogens is 300 g/mol. The van der Waals surface area contributed by atoms with Crippen LogP contribution in [0.3, 0.4) is 0 Å². The maximum absolute atomic E-state index is 11.3. The molecule has 1 aliphatic heterocycles. The van der Waals surface area contributed by atoms with Crippen molar-refractivity contribution in [1.82, 2.24) is 4.90 Å². The Morgan fingerprint density at radius 1 is 1.50 bits per heavy atom. The van der Waals surface area contributed by atoms with E-state index in [1.54, 1.807) is 14.2 Å². The Morgan fingerprint density at radius 2 is 2.18 bits per heavy atom. The van der Waals surface area contributed by atoms with Crippen LogP contribution in [0.4, 0.5) is 5.69 Å². The number of likely N-dealkylation sites (N-methyl/N-ethyl adjacent to an activating group) is 1. The average molecular weight is 322 g/mol. The number of amides is 1. The van der Waals surface area contributed by atoms with E-state index >= 15 is 0 Å². The molecule has 1 N–H and O–H groups in total. The summed E-state index contributed by atoms with van der Waals surface area (Å²) in [4.78, 5) is 26.2. The van der Waals surface area contributed by atoms with Gasteiger partial charge >= 0.3 is 0 Å². The molecule has 0 saturated heterocycles. The zero-order chi connectivity index (χ0) is 16.5. The summed E-state index contributed by atoms with van der Waals surface area (Å²) in [6.07, 6.45) is 5.11. The fourth-order valence-corrected chi connectivity index (χ4v) is 2.93. The van der Waals surface area contributed by atoms with Crippen molar-refractivity contribution in [1.29, 1.82) is 0 Å². The summed E-state index contributed by atoms with van der Waals surface area (Å²) in [6, 6.07) is 1.87. The number of carbonyl (C=O) groups is 2. The molecule has 22 heavy (non-hydrogen) atoms. The highest BCUT2D eigenvalue weighted by Gasteiger charge is 2.15. The number of hydrogen-bond donors (Lipinski definition) is 1.